The van der Waals surface area contributed by atoms with Crippen molar-refractivity contribution < 1.29 is 52.8 Å². The number of ether oxygens (including phenoxy) is 1. The molecule has 6 aromatic heterocycles. The molecule has 1 aliphatic carbocycles. The number of sulfone groups is 1. The van der Waals surface area contributed by atoms with Crippen LogP contribution in [0, 0.1) is 35.5 Å². The van der Waals surface area contributed by atoms with Gasteiger partial charge in [0.15, 0.2) is 26.9 Å². The quantitative estimate of drug-likeness (QED) is 0.0260. The number of morpholine rings is 1. The van der Waals surface area contributed by atoms with Crippen molar-refractivity contribution in [2.75, 3.05) is 90.2 Å². The van der Waals surface area contributed by atoms with E-state index in [1.807, 2.05) is 51.4 Å². The van der Waals surface area contributed by atoms with Crippen LogP contribution in [0.5, 0.6) is 0 Å². The highest BCUT2D eigenvalue weighted by Gasteiger charge is 2.38. The summed E-state index contributed by atoms with van der Waals surface area (Å²) >= 11 is 42.9. The first kappa shape index (κ1) is 100. The Balaban J connectivity index is 0.000000166. The van der Waals surface area contributed by atoms with Gasteiger partial charge in [0.1, 0.15) is 0 Å². The average Bonchev–Trinajstić information content (AvgIpc) is 1.61. The third-order valence-electron chi connectivity index (χ3n) is 22.1. The van der Waals surface area contributed by atoms with Crippen LogP contribution in [0.3, 0.4) is 0 Å². The first-order valence-electron chi connectivity index (χ1n) is 43.4. The van der Waals surface area contributed by atoms with Crippen LogP contribution in [0.1, 0.15) is 206 Å². The maximum atomic E-state index is 13.8. The van der Waals surface area contributed by atoms with E-state index in [1.54, 1.807) is 64.0 Å². The van der Waals surface area contributed by atoms with Gasteiger partial charge in [-0.15, -0.1) is 34.0 Å². The predicted molar refractivity (Wildman–Crippen MR) is 517 cm³/mol. The van der Waals surface area contributed by atoms with Gasteiger partial charge in [-0.3, -0.25) is 30.7 Å². The lowest BCUT2D eigenvalue weighted by Gasteiger charge is -2.27. The molecular formula is C88H103Cl6N17O12S7. The molecule has 11 heterocycles. The predicted octanol–water partition coefficient (Wildman–Crippen LogP) is 15.7. The third-order valence-corrected chi connectivity index (χ3v) is 33.4. The maximum absolute atomic E-state index is 13.8. The molecule has 42 heteroatoms. The molecule has 0 unspecified atom stereocenters. The number of hydrogen-bond donors (Lipinski definition) is 6. The number of carbonyl (C=O) groups is 3. The summed E-state index contributed by atoms with van der Waals surface area (Å²) in [6, 6.07) is 26.4. The second-order valence-electron chi connectivity index (χ2n) is 31.7. The van der Waals surface area contributed by atoms with E-state index in [4.69, 9.17) is 89.6 Å². The van der Waals surface area contributed by atoms with E-state index in [9.17, 15) is 48.1 Å². The van der Waals surface area contributed by atoms with Crippen molar-refractivity contribution in [2.24, 2.45) is 0 Å². The SMILES string of the molecule is CCCC#Cc1ccc(-c2c(CNS(=O)(=O)C3CCCC3)c(C(=O)NN3CCCCC3)nn2-c2ccc(Cl)cc2Cl)s1.CCCC#Cc1ccc(-c2c(CNS(=O)(=O)N3CCOCC3)c(C(=O)NN3CCCCC3)nn2-c2ccc(Cl)cc2Cl)s1.CCCC#Cc1ccc(-c2c(CNS(=O)(=O)N3CCS(=O)(=O)CC3)c(C(=O)NN3CCCCC3)nn2-c2ccc(Cl)cc2Cl)s1. The Morgan fingerprint density at radius 2 is 0.738 bits per heavy atom. The van der Waals surface area contributed by atoms with E-state index in [0.717, 1.165) is 164 Å². The largest absolute Gasteiger partial charge is 0.379 e. The number of hydrogen-bond acceptors (Lipinski definition) is 21. The minimum atomic E-state index is -4.10. The third kappa shape index (κ3) is 26.2. The molecule has 5 aliphatic heterocycles. The van der Waals surface area contributed by atoms with Crippen molar-refractivity contribution >= 4 is 162 Å². The number of hydrazine groups is 3. The lowest BCUT2D eigenvalue weighted by atomic mass is 10.1. The molecule has 1 saturated carbocycles. The van der Waals surface area contributed by atoms with Crippen LogP contribution in [-0.2, 0) is 64.7 Å². The molecule has 696 valence electrons. The van der Waals surface area contributed by atoms with Gasteiger partial charge in [0.2, 0.25) is 10.0 Å². The van der Waals surface area contributed by atoms with Gasteiger partial charge in [0, 0.05) is 136 Å². The first-order valence-corrected chi connectivity index (χ1v) is 54.4. The van der Waals surface area contributed by atoms with Crippen LogP contribution in [0.15, 0.2) is 91.0 Å². The Morgan fingerprint density at radius 1 is 0.423 bits per heavy atom. The molecule has 15 rings (SSSR count). The Morgan fingerprint density at radius 3 is 1.05 bits per heavy atom. The molecule has 0 atom stereocenters. The lowest BCUT2D eigenvalue weighted by Crippen LogP contribution is -2.48. The van der Waals surface area contributed by atoms with Crippen molar-refractivity contribution in [3.63, 3.8) is 0 Å². The Labute approximate surface area is 802 Å². The number of halogens is 6. The van der Waals surface area contributed by atoms with Gasteiger partial charge < -0.3 is 4.74 Å². The van der Waals surface area contributed by atoms with Gasteiger partial charge in [-0.1, -0.05) is 158 Å². The number of thiophene rings is 3. The lowest BCUT2D eigenvalue weighted by molar-refractivity contribution is 0.0724. The molecule has 5 saturated heterocycles. The van der Waals surface area contributed by atoms with E-state index in [2.05, 4.69) is 86.7 Å². The van der Waals surface area contributed by atoms with E-state index < -0.39 is 63.3 Å². The molecule has 0 spiro atoms. The van der Waals surface area contributed by atoms with E-state index in [1.165, 1.54) is 43.0 Å². The first-order chi connectivity index (χ1) is 62.5. The molecule has 9 aromatic rings. The van der Waals surface area contributed by atoms with Gasteiger partial charge in [-0.2, -0.15) is 50.2 Å². The molecule has 6 aliphatic rings. The fourth-order valence-electron chi connectivity index (χ4n) is 15.4. The number of sulfonamides is 1. The van der Waals surface area contributed by atoms with Crippen molar-refractivity contribution in [3.05, 3.63) is 170 Å². The summed E-state index contributed by atoms with van der Waals surface area (Å²) in [4.78, 5) is 46.2. The summed E-state index contributed by atoms with van der Waals surface area (Å²) < 4.78 is 124. The van der Waals surface area contributed by atoms with E-state index in [0.29, 0.717) is 120 Å². The van der Waals surface area contributed by atoms with Gasteiger partial charge in [-0.05, 0) is 162 Å². The highest BCUT2D eigenvalue weighted by atomic mass is 35.5. The number of benzene rings is 3. The zero-order chi connectivity index (χ0) is 92.3. The summed E-state index contributed by atoms with van der Waals surface area (Å²) in [6.45, 7) is 10.8. The van der Waals surface area contributed by atoms with Gasteiger partial charge in [0.25, 0.3) is 38.1 Å². The zero-order valence-electron chi connectivity index (χ0n) is 72.1. The number of nitrogens with one attached hydrogen (secondary N) is 6. The van der Waals surface area contributed by atoms with Gasteiger partial charge >= 0.3 is 0 Å². The van der Waals surface area contributed by atoms with Crippen LogP contribution in [0.4, 0.5) is 0 Å². The number of unbranched alkanes of at least 4 members (excludes halogenated alkanes) is 3. The highest BCUT2D eigenvalue weighted by molar-refractivity contribution is 7.92. The van der Waals surface area contributed by atoms with E-state index >= 15 is 0 Å². The molecule has 3 aromatic carbocycles. The molecule has 0 radical (unpaired) electrons. The number of piperidine rings is 3. The fourth-order valence-corrected chi connectivity index (χ4v) is 25.0. The summed E-state index contributed by atoms with van der Waals surface area (Å²) in [6.07, 6.45) is 17.3. The van der Waals surface area contributed by atoms with Crippen molar-refractivity contribution in [1.29, 1.82) is 0 Å². The van der Waals surface area contributed by atoms with Crippen molar-refractivity contribution in [3.8, 4) is 84.3 Å². The monoisotopic (exact) mass is 2020 g/mol. The molecule has 6 fully saturated rings. The van der Waals surface area contributed by atoms with Crippen LogP contribution in [-0.4, -0.2) is 200 Å². The number of carbonyl (C=O) groups excluding carboxylic acids is 3. The van der Waals surface area contributed by atoms with Crippen LogP contribution >= 0.6 is 104 Å². The zero-order valence-corrected chi connectivity index (χ0v) is 82.4. The summed E-state index contributed by atoms with van der Waals surface area (Å²) in [7, 11) is -14.9. The number of aromatic nitrogens is 6. The molecular weight excluding hydrogens is 1920 g/mol. The van der Waals surface area contributed by atoms with Gasteiger partial charge in [-0.25, -0.2) is 50.6 Å². The standard InChI is InChI=1S/C30H35Cl2N5O3S2.C29H34Cl2N6O5S3.C29H34Cl2N6O4S2/c1-2-3-5-10-22-14-16-27(41-22)29-24(20-33-42(39,40)23-11-6-7-12-23)28(30(38)35-36-17-8-4-9-18-36)34-37(29)26-15-13-21(31)19-25(26)32;1-2-3-5-8-22-10-12-26(43-22)28-23(20-32-45(41,42)36-15-17-44(39,40)18-16-36)27(29(38)34-35-13-6-4-7-14-35)33-37(28)25-11-9-21(30)19-24(25)31;1-2-3-5-8-22-10-12-26(42-22)28-23(20-32-43(39,40)36-15-17-41-18-16-36)27(29(38)34-35-13-6-4-7-14-35)33-37(28)25-11-9-21(30)19-24(25)31/h13-16,19,23,33H,2-4,6-9,11-12,17-18,20H2,1H3,(H,35,38);9-12,19,32H,2-4,6-7,13-18,20H2,1H3,(H,34,38);9-12,19,32H,2-4,6-7,13-18,20H2,1H3,(H,34,38). The summed E-state index contributed by atoms with van der Waals surface area (Å²) in [5, 5.41) is 21.8. The number of rotatable bonds is 27. The van der Waals surface area contributed by atoms with Crippen LogP contribution in [0.2, 0.25) is 30.1 Å². The molecule has 29 nitrogen and oxygen atoms in total. The topological polar surface area (TPSA) is 339 Å². The van der Waals surface area contributed by atoms with Crippen molar-refractivity contribution in [1.82, 2.24) is 83.4 Å². The second-order valence-corrected chi connectivity index (χ2v) is 45.3. The minimum absolute atomic E-state index is 0.0255. The summed E-state index contributed by atoms with van der Waals surface area (Å²) in [5.74, 6) is 17.2. The Kier molecular flexibility index (Phi) is 36.0. The number of amides is 3. The smallest absolute Gasteiger partial charge is 0.286 e. The number of nitrogens with zero attached hydrogens (tertiary/aromatic N) is 11. The average molecular weight is 2030 g/mol. The molecule has 130 heavy (non-hydrogen) atoms. The Hall–Kier alpha value is -7.34. The minimum Gasteiger partial charge on any atom is -0.379 e. The molecule has 6 N–H and O–H groups in total. The van der Waals surface area contributed by atoms with Crippen molar-refractivity contribution in [2.45, 2.75) is 168 Å². The normalized spacial score (nSPS) is 16.8. The summed E-state index contributed by atoms with van der Waals surface area (Å²) in [5.41, 5.74) is 13.5. The molecule has 3 amide bonds. The fraction of sp³-hybridized carbons (Fsp3) is 0.455. The van der Waals surface area contributed by atoms with E-state index in [-0.39, 0.29) is 79.4 Å². The highest BCUT2D eigenvalue weighted by Crippen LogP contribution is 2.42. The van der Waals surface area contributed by atoms with Crippen LogP contribution < -0.4 is 30.4 Å². The molecule has 0 bridgehead atoms. The maximum Gasteiger partial charge on any atom is 0.286 e. The van der Waals surface area contributed by atoms with Gasteiger partial charge in [0.05, 0.1) is 108 Å². The Bertz CT molecular complexity index is 6220. The second kappa shape index (κ2) is 46.7. The van der Waals surface area contributed by atoms with Crippen LogP contribution in [0.25, 0.3) is 48.8 Å².